The highest BCUT2D eigenvalue weighted by Gasteiger charge is 2.30. The van der Waals surface area contributed by atoms with E-state index in [1.54, 1.807) is 17.0 Å². The van der Waals surface area contributed by atoms with E-state index in [0.29, 0.717) is 20.5 Å². The number of nitrogens with zero attached hydrogens (tertiary/aromatic N) is 1. The molecule has 0 aliphatic carbocycles. The van der Waals surface area contributed by atoms with E-state index in [2.05, 4.69) is 65.1 Å². The number of thiocarbonyl (C=S) groups is 1. The third-order valence-corrected chi connectivity index (χ3v) is 7.15. The lowest BCUT2D eigenvalue weighted by Crippen LogP contribution is -2.38. The third kappa shape index (κ3) is 5.43. The summed E-state index contributed by atoms with van der Waals surface area (Å²) in [5, 5.41) is 2.55. The average molecular weight is 513 g/mol. The number of carbonyl (C=O) groups is 2. The van der Waals surface area contributed by atoms with Crippen molar-refractivity contribution in [1.29, 1.82) is 0 Å². The first-order valence-corrected chi connectivity index (χ1v) is 12.6. The molecule has 2 amide bonds. The molecule has 0 bridgehead atoms. The number of anilines is 1. The lowest BCUT2D eigenvalue weighted by molar-refractivity contribution is -0.121. The van der Waals surface area contributed by atoms with E-state index >= 15 is 4.39 Å². The topological polar surface area (TPSA) is 58.6 Å². The molecule has 2 aliphatic heterocycles. The Morgan fingerprint density at radius 2 is 1.69 bits per heavy atom. The standard InChI is InChI=1S/C27H29FN2O3S2/c1-26(2,3)17-7-16(8-18(12-17)27(4,5)6)13-30-20-10-15(11-21-24(32)29-25(34)35-21)9-19(28)23(20)33-14-22(30)31/h7-12H,13-14H2,1-6H3,(H,29,32,34)/b21-11+. The van der Waals surface area contributed by atoms with E-state index in [9.17, 15) is 9.59 Å². The molecule has 0 saturated carbocycles. The van der Waals surface area contributed by atoms with Gasteiger partial charge in [0, 0.05) is 0 Å². The van der Waals surface area contributed by atoms with Crippen molar-refractivity contribution in [3.8, 4) is 5.75 Å². The second kappa shape index (κ2) is 9.06. The highest BCUT2D eigenvalue weighted by Crippen LogP contribution is 2.39. The first-order valence-electron chi connectivity index (χ1n) is 11.4. The molecule has 4 rings (SSSR count). The number of hydrogen-bond donors (Lipinski definition) is 1. The fourth-order valence-corrected chi connectivity index (χ4v) is 4.99. The molecule has 0 atom stereocenters. The van der Waals surface area contributed by atoms with Crippen molar-refractivity contribution in [3.63, 3.8) is 0 Å². The number of carbonyl (C=O) groups excluding carboxylic acids is 2. The zero-order chi connectivity index (χ0) is 25.7. The molecule has 0 unspecified atom stereocenters. The van der Waals surface area contributed by atoms with Gasteiger partial charge < -0.3 is 15.0 Å². The van der Waals surface area contributed by atoms with Gasteiger partial charge in [0.25, 0.3) is 11.8 Å². The van der Waals surface area contributed by atoms with Crippen LogP contribution in [0.1, 0.15) is 63.8 Å². The summed E-state index contributed by atoms with van der Waals surface area (Å²) in [6, 6.07) is 9.42. The zero-order valence-corrected chi connectivity index (χ0v) is 22.4. The Bertz CT molecular complexity index is 1240. The lowest BCUT2D eigenvalue weighted by Gasteiger charge is -2.31. The van der Waals surface area contributed by atoms with Gasteiger partial charge in [0.2, 0.25) is 0 Å². The summed E-state index contributed by atoms with van der Waals surface area (Å²) in [7, 11) is 0. The first-order chi connectivity index (χ1) is 16.2. The highest BCUT2D eigenvalue weighted by atomic mass is 32.2. The number of amides is 2. The first kappa shape index (κ1) is 25.4. The summed E-state index contributed by atoms with van der Waals surface area (Å²) in [5.74, 6) is -1.13. The molecule has 5 nitrogen and oxygen atoms in total. The van der Waals surface area contributed by atoms with Gasteiger partial charge in [-0.25, -0.2) is 4.39 Å². The Kier molecular flexibility index (Phi) is 6.57. The maximum absolute atomic E-state index is 15.0. The highest BCUT2D eigenvalue weighted by molar-refractivity contribution is 8.26. The van der Waals surface area contributed by atoms with Gasteiger partial charge in [-0.05, 0) is 51.3 Å². The van der Waals surface area contributed by atoms with Crippen molar-refractivity contribution in [2.24, 2.45) is 0 Å². The molecule has 2 aromatic rings. The lowest BCUT2D eigenvalue weighted by atomic mass is 9.79. The molecule has 35 heavy (non-hydrogen) atoms. The molecule has 0 aromatic heterocycles. The van der Waals surface area contributed by atoms with Crippen molar-refractivity contribution in [2.75, 3.05) is 11.5 Å². The fourth-order valence-electron chi connectivity index (χ4n) is 3.95. The Morgan fingerprint density at radius 1 is 1.06 bits per heavy atom. The summed E-state index contributed by atoms with van der Waals surface area (Å²) in [6.45, 7) is 13.0. The summed E-state index contributed by atoms with van der Waals surface area (Å²) >= 11 is 6.16. The van der Waals surface area contributed by atoms with Crippen molar-refractivity contribution >= 4 is 51.9 Å². The predicted molar refractivity (Wildman–Crippen MR) is 143 cm³/mol. The molecule has 1 saturated heterocycles. The molecule has 2 aliphatic rings. The molecule has 1 N–H and O–H groups in total. The number of nitrogens with one attached hydrogen (secondary N) is 1. The maximum Gasteiger partial charge on any atom is 0.265 e. The van der Waals surface area contributed by atoms with E-state index in [1.807, 2.05) is 0 Å². The average Bonchev–Trinajstić information content (AvgIpc) is 3.05. The van der Waals surface area contributed by atoms with E-state index in [4.69, 9.17) is 17.0 Å². The van der Waals surface area contributed by atoms with Gasteiger partial charge in [-0.1, -0.05) is 83.7 Å². The van der Waals surface area contributed by atoms with Gasteiger partial charge in [0.05, 0.1) is 17.1 Å². The molecule has 184 valence electrons. The van der Waals surface area contributed by atoms with Crippen molar-refractivity contribution in [1.82, 2.24) is 5.32 Å². The van der Waals surface area contributed by atoms with Crippen molar-refractivity contribution in [3.05, 3.63) is 63.3 Å². The fraction of sp³-hybridized carbons (Fsp3) is 0.370. The van der Waals surface area contributed by atoms with E-state index in [0.717, 1.165) is 17.3 Å². The van der Waals surface area contributed by atoms with Crippen LogP contribution < -0.4 is 15.0 Å². The molecule has 0 radical (unpaired) electrons. The molecule has 8 heteroatoms. The van der Waals surface area contributed by atoms with Crippen LogP contribution in [-0.4, -0.2) is 22.7 Å². The van der Waals surface area contributed by atoms with Crippen LogP contribution in [0.25, 0.3) is 6.08 Å². The second-order valence-corrected chi connectivity index (χ2v) is 12.6. The quantitative estimate of drug-likeness (QED) is 0.414. The number of hydrogen-bond acceptors (Lipinski definition) is 5. The van der Waals surface area contributed by atoms with Crippen molar-refractivity contribution < 1.29 is 18.7 Å². The minimum atomic E-state index is -0.586. The Morgan fingerprint density at radius 3 is 2.23 bits per heavy atom. The van der Waals surface area contributed by atoms with Crippen LogP contribution in [0.5, 0.6) is 5.75 Å². The monoisotopic (exact) mass is 512 g/mol. The molecule has 0 spiro atoms. The van der Waals surface area contributed by atoms with Crippen LogP contribution >= 0.6 is 24.0 Å². The second-order valence-electron chi connectivity index (χ2n) is 10.9. The summed E-state index contributed by atoms with van der Waals surface area (Å²) in [4.78, 5) is 27.0. The van der Waals surface area contributed by atoms with Gasteiger partial charge in [0.15, 0.2) is 18.2 Å². The van der Waals surface area contributed by atoms with Crippen LogP contribution in [0.3, 0.4) is 0 Å². The van der Waals surface area contributed by atoms with Gasteiger partial charge in [0.1, 0.15) is 4.32 Å². The van der Waals surface area contributed by atoms with Crippen LogP contribution in [0.15, 0.2) is 35.2 Å². The van der Waals surface area contributed by atoms with Crippen LogP contribution in [0.4, 0.5) is 10.1 Å². The smallest absolute Gasteiger partial charge is 0.265 e. The van der Waals surface area contributed by atoms with Crippen LogP contribution in [-0.2, 0) is 27.0 Å². The summed E-state index contributed by atoms with van der Waals surface area (Å²) in [5.41, 5.74) is 3.95. The number of ether oxygens (including phenoxy) is 1. The van der Waals surface area contributed by atoms with Crippen LogP contribution in [0, 0.1) is 5.82 Å². The van der Waals surface area contributed by atoms with Gasteiger partial charge in [-0.15, -0.1) is 0 Å². The number of benzene rings is 2. The molecular formula is C27H29FN2O3S2. The van der Waals surface area contributed by atoms with Gasteiger partial charge in [-0.2, -0.15) is 0 Å². The maximum atomic E-state index is 15.0. The Balaban J connectivity index is 1.77. The largest absolute Gasteiger partial charge is 0.478 e. The van der Waals surface area contributed by atoms with Crippen LogP contribution in [0.2, 0.25) is 0 Å². The molecule has 2 heterocycles. The minimum absolute atomic E-state index is 0.0359. The number of thioether (sulfide) groups is 1. The van der Waals surface area contributed by atoms with E-state index < -0.39 is 5.82 Å². The normalized spacial score (nSPS) is 17.5. The number of rotatable bonds is 3. The minimum Gasteiger partial charge on any atom is -0.478 e. The SMILES string of the molecule is CC(C)(C)c1cc(CN2C(=O)COc3c(F)cc(/C=C4/SC(=S)NC4=O)cc32)cc(C(C)(C)C)c1. The zero-order valence-electron chi connectivity index (χ0n) is 20.7. The number of fused-ring (bicyclic) bond motifs is 1. The molecule has 2 aromatic carbocycles. The van der Waals surface area contributed by atoms with Gasteiger partial charge >= 0.3 is 0 Å². The molecular weight excluding hydrogens is 483 g/mol. The Labute approximate surface area is 215 Å². The summed E-state index contributed by atoms with van der Waals surface area (Å²) in [6.07, 6.45) is 1.57. The Hall–Kier alpha value is -2.71. The van der Waals surface area contributed by atoms with E-state index in [1.165, 1.54) is 17.2 Å². The van der Waals surface area contributed by atoms with E-state index in [-0.39, 0.29) is 41.5 Å². The third-order valence-electron chi connectivity index (χ3n) is 5.98. The summed E-state index contributed by atoms with van der Waals surface area (Å²) < 4.78 is 20.9. The number of halogens is 1. The molecule has 1 fully saturated rings. The van der Waals surface area contributed by atoms with Gasteiger partial charge in [-0.3, -0.25) is 9.59 Å². The predicted octanol–water partition coefficient (Wildman–Crippen LogP) is 5.84. The van der Waals surface area contributed by atoms with Crippen molar-refractivity contribution in [2.45, 2.75) is 58.9 Å².